The summed E-state index contributed by atoms with van der Waals surface area (Å²) >= 11 is 0. The van der Waals surface area contributed by atoms with Gasteiger partial charge in [-0.3, -0.25) is 0 Å². The van der Waals surface area contributed by atoms with Crippen LogP contribution in [0.4, 0.5) is 0 Å². The quantitative estimate of drug-likeness (QED) is 0.552. The maximum atomic E-state index is 2.51. The van der Waals surface area contributed by atoms with Crippen molar-refractivity contribution < 1.29 is 0 Å². The highest BCUT2D eigenvalue weighted by Gasteiger charge is 2.37. The van der Waals surface area contributed by atoms with Crippen LogP contribution in [0.2, 0.25) is 0 Å². The van der Waals surface area contributed by atoms with Crippen molar-refractivity contribution in [2.75, 3.05) is 0 Å². The van der Waals surface area contributed by atoms with Gasteiger partial charge in [-0.15, -0.1) is 0 Å². The van der Waals surface area contributed by atoms with Gasteiger partial charge in [-0.05, 0) is 36.5 Å². The van der Waals surface area contributed by atoms with Crippen LogP contribution in [-0.2, 0) is 0 Å². The minimum absolute atomic E-state index is 0.716. The topological polar surface area (TPSA) is 0 Å². The van der Waals surface area contributed by atoms with Crippen LogP contribution in [0.5, 0.6) is 0 Å². The lowest BCUT2D eigenvalue weighted by atomic mass is 9.61. The minimum Gasteiger partial charge on any atom is -0.0649 e. The lowest BCUT2D eigenvalue weighted by molar-refractivity contribution is 0.0658. The third kappa shape index (κ3) is 1.53. The maximum absolute atomic E-state index is 2.51. The zero-order chi connectivity index (χ0) is 8.60. The molecule has 0 radical (unpaired) electrons. The van der Waals surface area contributed by atoms with E-state index in [-0.39, 0.29) is 0 Å². The maximum Gasteiger partial charge on any atom is -0.0323 e. The van der Waals surface area contributed by atoms with Gasteiger partial charge in [0.25, 0.3) is 0 Å². The Morgan fingerprint density at radius 3 is 2.25 bits per heavy atom. The van der Waals surface area contributed by atoms with Gasteiger partial charge in [-0.25, -0.2) is 0 Å². The lowest BCUT2D eigenvalue weighted by Crippen LogP contribution is -2.33. The Morgan fingerprint density at radius 2 is 1.75 bits per heavy atom. The van der Waals surface area contributed by atoms with E-state index in [0.717, 1.165) is 11.8 Å². The molecule has 0 heterocycles. The molecule has 0 spiro atoms. The molecule has 0 amide bonds. The first-order valence-electron chi connectivity index (χ1n) is 5.72. The molecule has 0 aromatic heterocycles. The van der Waals surface area contributed by atoms with Crippen molar-refractivity contribution in [1.82, 2.24) is 0 Å². The van der Waals surface area contributed by atoms with E-state index in [9.17, 15) is 0 Å². The summed E-state index contributed by atoms with van der Waals surface area (Å²) in [6.45, 7) is 4.89. The van der Waals surface area contributed by atoms with Gasteiger partial charge in [0, 0.05) is 0 Å². The molecule has 2 saturated carbocycles. The highest BCUT2D eigenvalue weighted by molar-refractivity contribution is 4.89. The molecule has 0 aliphatic heterocycles. The Bertz CT molecular complexity index is 147. The van der Waals surface area contributed by atoms with Crippen molar-refractivity contribution in [2.45, 2.75) is 58.8 Å². The van der Waals surface area contributed by atoms with Crippen molar-refractivity contribution in [3.63, 3.8) is 0 Å². The summed E-state index contributed by atoms with van der Waals surface area (Å²) < 4.78 is 0. The predicted molar refractivity (Wildman–Crippen MR) is 53.1 cm³/mol. The van der Waals surface area contributed by atoms with E-state index in [1.165, 1.54) is 38.5 Å². The zero-order valence-electron chi connectivity index (χ0n) is 8.60. The van der Waals surface area contributed by atoms with E-state index in [0.29, 0.717) is 5.41 Å². The first kappa shape index (κ1) is 8.59. The molecule has 2 bridgehead atoms. The minimum atomic E-state index is 0.716. The van der Waals surface area contributed by atoms with Gasteiger partial charge in [-0.1, -0.05) is 39.5 Å². The third-order valence-corrected chi connectivity index (χ3v) is 4.31. The van der Waals surface area contributed by atoms with Crippen LogP contribution in [-0.4, -0.2) is 0 Å². The number of hydrogen-bond acceptors (Lipinski definition) is 0. The van der Waals surface area contributed by atoms with Crippen LogP contribution in [0.25, 0.3) is 0 Å². The fourth-order valence-corrected chi connectivity index (χ4v) is 3.54. The molecule has 70 valence electrons. The smallest absolute Gasteiger partial charge is 0.0323 e. The van der Waals surface area contributed by atoms with Gasteiger partial charge >= 0.3 is 0 Å². The molecule has 0 N–H and O–H groups in total. The van der Waals surface area contributed by atoms with Gasteiger partial charge < -0.3 is 0 Å². The van der Waals surface area contributed by atoms with Crippen molar-refractivity contribution in [2.24, 2.45) is 17.3 Å². The molecule has 3 atom stereocenters. The molecular formula is C12H22. The monoisotopic (exact) mass is 166 g/mol. The summed E-state index contributed by atoms with van der Waals surface area (Å²) in [7, 11) is 0. The Morgan fingerprint density at radius 1 is 1.17 bits per heavy atom. The molecule has 2 aliphatic rings. The first-order chi connectivity index (χ1) is 5.72. The second kappa shape index (κ2) is 3.05. The van der Waals surface area contributed by atoms with Gasteiger partial charge in [0.15, 0.2) is 0 Å². The largest absolute Gasteiger partial charge is 0.0649 e. The summed E-state index contributed by atoms with van der Waals surface area (Å²) in [5.41, 5.74) is 0.716. The Kier molecular flexibility index (Phi) is 2.18. The zero-order valence-corrected chi connectivity index (χ0v) is 8.60. The number of rotatable bonds is 1. The van der Waals surface area contributed by atoms with Crippen LogP contribution in [0.3, 0.4) is 0 Å². The normalized spacial score (nSPS) is 47.5. The lowest BCUT2D eigenvalue weighted by Gasteiger charge is -2.45. The molecule has 0 heteroatoms. The second-order valence-corrected chi connectivity index (χ2v) is 5.47. The molecule has 2 fully saturated rings. The van der Waals surface area contributed by atoms with Gasteiger partial charge in [0.2, 0.25) is 0 Å². The molecule has 2 rings (SSSR count). The van der Waals surface area contributed by atoms with Crippen molar-refractivity contribution >= 4 is 0 Å². The van der Waals surface area contributed by atoms with E-state index < -0.39 is 0 Å². The van der Waals surface area contributed by atoms with E-state index in [4.69, 9.17) is 0 Å². The first-order valence-corrected chi connectivity index (χ1v) is 5.72. The van der Waals surface area contributed by atoms with E-state index in [1.54, 1.807) is 6.42 Å². The molecule has 2 aliphatic carbocycles. The van der Waals surface area contributed by atoms with Gasteiger partial charge in [0.1, 0.15) is 0 Å². The second-order valence-electron chi connectivity index (χ2n) is 5.47. The Hall–Kier alpha value is 0. The highest BCUT2D eigenvalue weighted by Crippen LogP contribution is 2.49. The fraction of sp³-hybridized carbons (Fsp3) is 1.00. The van der Waals surface area contributed by atoms with Crippen molar-refractivity contribution in [3.05, 3.63) is 0 Å². The summed E-state index contributed by atoms with van der Waals surface area (Å²) in [6, 6.07) is 0. The van der Waals surface area contributed by atoms with Crippen LogP contribution in [0, 0.1) is 17.3 Å². The van der Waals surface area contributed by atoms with E-state index in [1.807, 2.05) is 0 Å². The molecule has 0 aromatic carbocycles. The molecular weight excluding hydrogens is 144 g/mol. The van der Waals surface area contributed by atoms with Crippen LogP contribution in [0.1, 0.15) is 58.8 Å². The Balaban J connectivity index is 2.05. The molecule has 0 aromatic rings. The molecule has 0 nitrogen and oxygen atoms in total. The summed E-state index contributed by atoms with van der Waals surface area (Å²) in [5, 5.41) is 0. The number of hydrogen-bond donors (Lipinski definition) is 0. The standard InChI is InChI=1S/C12H22/c1-3-12(2)8-10-5-4-6-11(7-10)9-12/h10-11H,3-9H2,1-2H3/t10-,11?,12?/m0/s1. The van der Waals surface area contributed by atoms with Crippen LogP contribution in [0.15, 0.2) is 0 Å². The molecule has 12 heavy (non-hydrogen) atoms. The SMILES string of the molecule is CCC1(C)CC2CCC[C@@H](C2)C1. The predicted octanol–water partition coefficient (Wildman–Crippen LogP) is 4.00. The molecule has 0 saturated heterocycles. The summed E-state index contributed by atoms with van der Waals surface area (Å²) in [4.78, 5) is 0. The van der Waals surface area contributed by atoms with Gasteiger partial charge in [-0.2, -0.15) is 0 Å². The van der Waals surface area contributed by atoms with E-state index in [2.05, 4.69) is 13.8 Å². The summed E-state index contributed by atoms with van der Waals surface area (Å²) in [6.07, 6.45) is 10.6. The summed E-state index contributed by atoms with van der Waals surface area (Å²) in [5.74, 6) is 2.20. The highest BCUT2D eigenvalue weighted by atomic mass is 14.4. The van der Waals surface area contributed by atoms with Gasteiger partial charge in [0.05, 0.1) is 0 Å². The fourth-order valence-electron chi connectivity index (χ4n) is 3.54. The van der Waals surface area contributed by atoms with E-state index >= 15 is 0 Å². The van der Waals surface area contributed by atoms with Crippen LogP contribution >= 0.6 is 0 Å². The van der Waals surface area contributed by atoms with Crippen molar-refractivity contribution in [3.8, 4) is 0 Å². The number of fused-ring (bicyclic) bond motifs is 2. The molecule has 2 unspecified atom stereocenters. The average Bonchev–Trinajstić information content (AvgIpc) is 2.03. The van der Waals surface area contributed by atoms with Crippen molar-refractivity contribution in [1.29, 1.82) is 0 Å². The van der Waals surface area contributed by atoms with Crippen LogP contribution < -0.4 is 0 Å². The third-order valence-electron chi connectivity index (χ3n) is 4.31. The average molecular weight is 166 g/mol. The Labute approximate surface area is 76.7 Å².